The highest BCUT2D eigenvalue weighted by molar-refractivity contribution is 7.98. The molecule has 0 radical (unpaired) electrons. The summed E-state index contributed by atoms with van der Waals surface area (Å²) in [6, 6.07) is -0.126. The van der Waals surface area contributed by atoms with E-state index >= 15 is 0 Å². The number of thioether (sulfide) groups is 1. The summed E-state index contributed by atoms with van der Waals surface area (Å²) in [5.41, 5.74) is 0. The van der Waals surface area contributed by atoms with Crippen LogP contribution in [0.15, 0.2) is 0 Å². The Labute approximate surface area is 112 Å². The van der Waals surface area contributed by atoms with Crippen molar-refractivity contribution in [2.24, 2.45) is 0 Å². The normalized spacial score (nSPS) is 20.8. The molecule has 1 aliphatic rings. The Morgan fingerprint density at radius 3 is 2.89 bits per heavy atom. The van der Waals surface area contributed by atoms with Gasteiger partial charge >= 0.3 is 12.0 Å². The van der Waals surface area contributed by atoms with Crippen molar-refractivity contribution in [2.75, 3.05) is 18.6 Å². The van der Waals surface area contributed by atoms with E-state index in [2.05, 4.69) is 5.32 Å². The topological polar surface area (TPSA) is 69.6 Å². The summed E-state index contributed by atoms with van der Waals surface area (Å²) in [7, 11) is 0. The van der Waals surface area contributed by atoms with Gasteiger partial charge in [-0.3, -0.25) is 4.79 Å². The first kappa shape index (κ1) is 15.1. The van der Waals surface area contributed by atoms with E-state index in [1.807, 2.05) is 13.2 Å². The minimum Gasteiger partial charge on any atom is -0.481 e. The first-order valence-corrected chi connectivity index (χ1v) is 7.71. The van der Waals surface area contributed by atoms with Gasteiger partial charge in [-0.15, -0.1) is 0 Å². The van der Waals surface area contributed by atoms with Gasteiger partial charge in [-0.1, -0.05) is 0 Å². The molecule has 0 bridgehead atoms. The van der Waals surface area contributed by atoms with Crippen LogP contribution in [-0.4, -0.2) is 52.6 Å². The predicted octanol–water partition coefficient (Wildman–Crippen LogP) is 1.78. The fourth-order valence-corrected chi connectivity index (χ4v) is 2.77. The molecule has 0 saturated carbocycles. The summed E-state index contributed by atoms with van der Waals surface area (Å²) in [6.45, 7) is 2.65. The molecule has 1 fully saturated rings. The van der Waals surface area contributed by atoms with Crippen molar-refractivity contribution >= 4 is 23.8 Å². The first-order valence-electron chi connectivity index (χ1n) is 6.32. The van der Waals surface area contributed by atoms with E-state index in [4.69, 9.17) is 5.11 Å². The third kappa shape index (κ3) is 4.76. The van der Waals surface area contributed by atoms with Crippen LogP contribution in [0.5, 0.6) is 0 Å². The largest absolute Gasteiger partial charge is 0.481 e. The van der Waals surface area contributed by atoms with E-state index in [0.29, 0.717) is 6.54 Å². The standard InChI is InChI=1S/C12H22N2O3S/c1-9(5-7-18-2)13-12(17)14-6-3-4-10(14)8-11(15)16/h9-10H,3-8H2,1-2H3,(H,13,17)(H,15,16). The lowest BCUT2D eigenvalue weighted by atomic mass is 10.1. The molecule has 1 rings (SSSR count). The monoisotopic (exact) mass is 274 g/mol. The second kappa shape index (κ2) is 7.51. The molecule has 0 aromatic carbocycles. The third-order valence-corrected chi connectivity index (χ3v) is 3.82. The van der Waals surface area contributed by atoms with Gasteiger partial charge in [0.05, 0.1) is 6.42 Å². The lowest BCUT2D eigenvalue weighted by Crippen LogP contribution is -2.46. The van der Waals surface area contributed by atoms with Crippen molar-refractivity contribution < 1.29 is 14.7 Å². The molecule has 104 valence electrons. The molecule has 5 nitrogen and oxygen atoms in total. The van der Waals surface area contributed by atoms with Crippen molar-refractivity contribution in [3.05, 3.63) is 0 Å². The van der Waals surface area contributed by atoms with Crippen LogP contribution >= 0.6 is 11.8 Å². The Morgan fingerprint density at radius 2 is 2.28 bits per heavy atom. The minimum absolute atomic E-state index is 0.0482. The van der Waals surface area contributed by atoms with E-state index in [1.165, 1.54) is 0 Å². The van der Waals surface area contributed by atoms with E-state index in [9.17, 15) is 9.59 Å². The highest BCUT2D eigenvalue weighted by Gasteiger charge is 2.30. The lowest BCUT2D eigenvalue weighted by Gasteiger charge is -2.25. The summed E-state index contributed by atoms with van der Waals surface area (Å²) < 4.78 is 0. The smallest absolute Gasteiger partial charge is 0.317 e. The number of urea groups is 1. The number of aliphatic carboxylic acids is 1. The molecule has 1 saturated heterocycles. The van der Waals surface area contributed by atoms with Crippen LogP contribution < -0.4 is 5.32 Å². The third-order valence-electron chi connectivity index (χ3n) is 3.17. The van der Waals surface area contributed by atoms with Gasteiger partial charge in [0.1, 0.15) is 0 Å². The van der Waals surface area contributed by atoms with Crippen LogP contribution in [-0.2, 0) is 4.79 Å². The maximum atomic E-state index is 12.0. The summed E-state index contributed by atoms with van der Waals surface area (Å²) in [5, 5.41) is 11.8. The second-order valence-corrected chi connectivity index (χ2v) is 5.70. The van der Waals surface area contributed by atoms with Gasteiger partial charge in [0.25, 0.3) is 0 Å². The number of amides is 2. The Hall–Kier alpha value is -0.910. The average molecular weight is 274 g/mol. The van der Waals surface area contributed by atoms with Gasteiger partial charge in [-0.05, 0) is 38.2 Å². The molecule has 0 aliphatic carbocycles. The Balaban J connectivity index is 2.42. The number of nitrogens with zero attached hydrogens (tertiary/aromatic N) is 1. The predicted molar refractivity (Wildman–Crippen MR) is 73.0 cm³/mol. The molecule has 6 heteroatoms. The Bertz CT molecular complexity index is 299. The molecule has 1 aliphatic heterocycles. The molecular formula is C12H22N2O3S. The molecule has 0 spiro atoms. The van der Waals surface area contributed by atoms with Crippen molar-refractivity contribution in [1.82, 2.24) is 10.2 Å². The van der Waals surface area contributed by atoms with Crippen LogP contribution in [0.4, 0.5) is 4.79 Å². The fraction of sp³-hybridized carbons (Fsp3) is 0.833. The van der Waals surface area contributed by atoms with Crippen molar-refractivity contribution in [3.8, 4) is 0 Å². The zero-order valence-electron chi connectivity index (χ0n) is 11.0. The van der Waals surface area contributed by atoms with Crippen LogP contribution in [0.25, 0.3) is 0 Å². The average Bonchev–Trinajstić information content (AvgIpc) is 2.73. The van der Waals surface area contributed by atoms with Crippen LogP contribution in [0.1, 0.15) is 32.6 Å². The fourth-order valence-electron chi connectivity index (χ4n) is 2.18. The van der Waals surface area contributed by atoms with Gasteiger partial charge in [0.15, 0.2) is 0 Å². The SMILES string of the molecule is CSCCC(C)NC(=O)N1CCCC1CC(=O)O. The number of nitrogens with one attached hydrogen (secondary N) is 1. The van der Waals surface area contributed by atoms with E-state index in [-0.39, 0.29) is 24.5 Å². The summed E-state index contributed by atoms with van der Waals surface area (Å²) in [6.07, 6.45) is 4.71. The van der Waals surface area contributed by atoms with E-state index < -0.39 is 5.97 Å². The number of carbonyl (C=O) groups excluding carboxylic acids is 1. The number of hydrogen-bond donors (Lipinski definition) is 2. The molecule has 2 atom stereocenters. The molecule has 0 aromatic rings. The van der Waals surface area contributed by atoms with Crippen molar-refractivity contribution in [3.63, 3.8) is 0 Å². The molecule has 2 amide bonds. The minimum atomic E-state index is -0.838. The summed E-state index contributed by atoms with van der Waals surface area (Å²) in [4.78, 5) is 24.4. The molecular weight excluding hydrogens is 252 g/mol. The van der Waals surface area contributed by atoms with Crippen LogP contribution in [0.2, 0.25) is 0 Å². The lowest BCUT2D eigenvalue weighted by molar-refractivity contribution is -0.137. The Kier molecular flexibility index (Phi) is 6.32. The maximum Gasteiger partial charge on any atom is 0.317 e. The quantitative estimate of drug-likeness (QED) is 0.774. The summed E-state index contributed by atoms with van der Waals surface area (Å²) in [5.74, 6) is 0.176. The number of carbonyl (C=O) groups is 2. The Morgan fingerprint density at radius 1 is 1.56 bits per heavy atom. The number of rotatable bonds is 6. The van der Waals surface area contributed by atoms with Gasteiger partial charge in [-0.2, -0.15) is 11.8 Å². The maximum absolute atomic E-state index is 12.0. The van der Waals surface area contributed by atoms with Crippen LogP contribution in [0, 0.1) is 0 Å². The molecule has 2 N–H and O–H groups in total. The second-order valence-electron chi connectivity index (χ2n) is 4.72. The highest BCUT2D eigenvalue weighted by atomic mass is 32.2. The van der Waals surface area contributed by atoms with Crippen LogP contribution in [0.3, 0.4) is 0 Å². The van der Waals surface area contributed by atoms with Gasteiger partial charge in [-0.25, -0.2) is 4.79 Å². The van der Waals surface area contributed by atoms with Gasteiger partial charge in [0.2, 0.25) is 0 Å². The van der Waals surface area contributed by atoms with Crippen molar-refractivity contribution in [2.45, 2.75) is 44.7 Å². The molecule has 0 aromatic heterocycles. The van der Waals surface area contributed by atoms with E-state index in [0.717, 1.165) is 25.0 Å². The van der Waals surface area contributed by atoms with Gasteiger partial charge in [0, 0.05) is 18.6 Å². The summed E-state index contributed by atoms with van der Waals surface area (Å²) >= 11 is 1.76. The number of carboxylic acids is 1. The molecule has 18 heavy (non-hydrogen) atoms. The number of likely N-dealkylation sites (tertiary alicyclic amines) is 1. The van der Waals surface area contributed by atoms with Gasteiger partial charge < -0.3 is 15.3 Å². The number of hydrogen-bond acceptors (Lipinski definition) is 3. The first-order chi connectivity index (χ1) is 8.54. The van der Waals surface area contributed by atoms with Crippen molar-refractivity contribution in [1.29, 1.82) is 0 Å². The van der Waals surface area contributed by atoms with E-state index in [1.54, 1.807) is 16.7 Å². The zero-order valence-corrected chi connectivity index (χ0v) is 11.8. The number of carboxylic acid groups (broad SMARTS) is 1. The zero-order chi connectivity index (χ0) is 13.5. The molecule has 2 unspecified atom stereocenters. The molecule has 1 heterocycles. The highest BCUT2D eigenvalue weighted by Crippen LogP contribution is 2.20.